The lowest BCUT2D eigenvalue weighted by Crippen LogP contribution is -2.27. The highest BCUT2D eigenvalue weighted by Gasteiger charge is 2.43. The predicted octanol–water partition coefficient (Wildman–Crippen LogP) is 2.55. The maximum Gasteiger partial charge on any atom is 0.137 e. The van der Waals surface area contributed by atoms with Crippen LogP contribution in [0.1, 0.15) is 18.1 Å². The van der Waals surface area contributed by atoms with Gasteiger partial charge in [-0.1, -0.05) is 6.07 Å². The summed E-state index contributed by atoms with van der Waals surface area (Å²) in [6.45, 7) is 0.673. The van der Waals surface area contributed by atoms with Gasteiger partial charge >= 0.3 is 0 Å². The summed E-state index contributed by atoms with van der Waals surface area (Å²) in [4.78, 5) is 0. The van der Waals surface area contributed by atoms with E-state index in [2.05, 4.69) is 22.0 Å². The van der Waals surface area contributed by atoms with Crippen molar-refractivity contribution in [1.82, 2.24) is 0 Å². The van der Waals surface area contributed by atoms with Gasteiger partial charge in [0.2, 0.25) is 0 Å². The molecule has 2 rings (SSSR count). The summed E-state index contributed by atoms with van der Waals surface area (Å²) in [5.41, 5.74) is -0.401. The molecule has 2 unspecified atom stereocenters. The number of rotatable bonds is 2. The van der Waals surface area contributed by atoms with Crippen molar-refractivity contribution in [3.63, 3.8) is 0 Å². The molecule has 0 aromatic heterocycles. The van der Waals surface area contributed by atoms with Crippen LogP contribution in [0.2, 0.25) is 0 Å². The van der Waals surface area contributed by atoms with Crippen LogP contribution in [0.4, 0.5) is 4.39 Å². The summed E-state index contributed by atoms with van der Waals surface area (Å²) in [7, 11) is 0. The van der Waals surface area contributed by atoms with E-state index in [9.17, 15) is 14.8 Å². The molecule has 2 atom stereocenters. The van der Waals surface area contributed by atoms with Crippen molar-refractivity contribution < 1.29 is 14.2 Å². The van der Waals surface area contributed by atoms with Gasteiger partial charge in [-0.25, -0.2) is 4.39 Å². The van der Waals surface area contributed by atoms with Gasteiger partial charge < -0.3 is 9.84 Å². The van der Waals surface area contributed by atoms with Crippen LogP contribution in [0.15, 0.2) is 22.7 Å². The molecule has 1 N–H and O–H groups in total. The molecule has 1 aliphatic rings. The van der Waals surface area contributed by atoms with Gasteiger partial charge in [-0.15, -0.1) is 0 Å². The molecule has 1 fully saturated rings. The van der Waals surface area contributed by atoms with Crippen LogP contribution < -0.4 is 0 Å². The monoisotopic (exact) mass is 299 g/mol. The van der Waals surface area contributed by atoms with Crippen LogP contribution in [-0.2, 0) is 4.74 Å². The molecule has 17 heavy (non-hydrogen) atoms. The summed E-state index contributed by atoms with van der Waals surface area (Å²) in [6.07, 6.45) is -0.480. The number of aliphatic hydroxyl groups is 1. The highest BCUT2D eigenvalue weighted by Crippen LogP contribution is 2.41. The lowest BCUT2D eigenvalue weighted by atomic mass is 9.79. The Morgan fingerprint density at radius 3 is 2.88 bits per heavy atom. The van der Waals surface area contributed by atoms with Crippen molar-refractivity contribution in [3.8, 4) is 6.07 Å². The van der Waals surface area contributed by atoms with Crippen LogP contribution in [0.25, 0.3) is 0 Å². The number of hydrogen-bond donors (Lipinski definition) is 1. The molecule has 0 bridgehead atoms. The van der Waals surface area contributed by atoms with Gasteiger partial charge in [0.1, 0.15) is 11.2 Å². The Kier molecular flexibility index (Phi) is 3.48. The van der Waals surface area contributed by atoms with E-state index in [0.29, 0.717) is 18.6 Å². The molecule has 0 aliphatic carbocycles. The van der Waals surface area contributed by atoms with Gasteiger partial charge in [0.25, 0.3) is 0 Å². The van der Waals surface area contributed by atoms with Crippen LogP contribution in [0, 0.1) is 22.6 Å². The molecule has 1 aromatic carbocycles. The van der Waals surface area contributed by atoms with E-state index in [1.807, 2.05) is 0 Å². The topological polar surface area (TPSA) is 53.2 Å². The molecule has 1 aromatic rings. The molecule has 1 heterocycles. The van der Waals surface area contributed by atoms with Crippen molar-refractivity contribution in [1.29, 1.82) is 5.26 Å². The van der Waals surface area contributed by atoms with Gasteiger partial charge in [-0.05, 0) is 40.0 Å². The fourth-order valence-electron chi connectivity index (χ4n) is 1.95. The van der Waals surface area contributed by atoms with E-state index in [-0.39, 0.29) is 11.1 Å². The third-order valence-electron chi connectivity index (χ3n) is 3.06. The zero-order valence-electron chi connectivity index (χ0n) is 8.99. The van der Waals surface area contributed by atoms with Crippen molar-refractivity contribution in [2.24, 2.45) is 5.41 Å². The van der Waals surface area contributed by atoms with Gasteiger partial charge in [0, 0.05) is 6.61 Å². The Morgan fingerprint density at radius 1 is 1.59 bits per heavy atom. The van der Waals surface area contributed by atoms with E-state index >= 15 is 0 Å². The van der Waals surface area contributed by atoms with Crippen LogP contribution in [-0.4, -0.2) is 18.3 Å². The Balaban J connectivity index is 2.33. The molecule has 0 amide bonds. The van der Waals surface area contributed by atoms with Crippen LogP contribution in [0.3, 0.4) is 0 Å². The summed E-state index contributed by atoms with van der Waals surface area (Å²) < 4.78 is 18.6. The first-order valence-electron chi connectivity index (χ1n) is 5.21. The highest BCUT2D eigenvalue weighted by molar-refractivity contribution is 9.10. The minimum atomic E-state index is -0.966. The molecule has 0 radical (unpaired) electrons. The number of ether oxygens (including phenoxy) is 1. The minimum Gasteiger partial charge on any atom is -0.387 e. The lowest BCUT2D eigenvalue weighted by Gasteiger charge is -2.25. The number of hydrogen-bond acceptors (Lipinski definition) is 3. The van der Waals surface area contributed by atoms with Crippen molar-refractivity contribution in [2.45, 2.75) is 12.5 Å². The first-order chi connectivity index (χ1) is 8.09. The zero-order chi connectivity index (χ0) is 12.5. The minimum absolute atomic E-state index is 0.208. The Labute approximate surface area is 107 Å². The summed E-state index contributed by atoms with van der Waals surface area (Å²) in [5, 5.41) is 19.4. The van der Waals surface area contributed by atoms with E-state index in [4.69, 9.17) is 4.74 Å². The quantitative estimate of drug-likeness (QED) is 0.913. The summed E-state index contributed by atoms with van der Waals surface area (Å²) in [6, 6.07) is 6.38. The maximum absolute atomic E-state index is 13.1. The molecule has 90 valence electrons. The highest BCUT2D eigenvalue weighted by atomic mass is 79.9. The normalized spacial score (nSPS) is 25.5. The second kappa shape index (κ2) is 4.73. The van der Waals surface area contributed by atoms with Crippen LogP contribution >= 0.6 is 15.9 Å². The summed E-state index contributed by atoms with van der Waals surface area (Å²) in [5.74, 6) is -0.394. The van der Waals surface area contributed by atoms with E-state index < -0.39 is 17.3 Å². The molecular formula is C12H11BrFNO2. The predicted molar refractivity (Wildman–Crippen MR) is 62.5 cm³/mol. The molecule has 3 nitrogen and oxygen atoms in total. The molecule has 1 saturated heterocycles. The SMILES string of the molecule is N#CC1(C(O)c2ccc(F)c(Br)c2)CCOC1. The van der Waals surface area contributed by atoms with Crippen molar-refractivity contribution >= 4 is 15.9 Å². The molecule has 0 saturated carbocycles. The number of aliphatic hydroxyl groups excluding tert-OH is 1. The van der Waals surface area contributed by atoms with Crippen molar-refractivity contribution in [3.05, 3.63) is 34.1 Å². The molecular weight excluding hydrogens is 289 g/mol. The number of nitrogens with zero attached hydrogens (tertiary/aromatic N) is 1. The summed E-state index contributed by atoms with van der Waals surface area (Å²) >= 11 is 3.06. The fourth-order valence-corrected chi connectivity index (χ4v) is 2.34. The largest absolute Gasteiger partial charge is 0.387 e. The lowest BCUT2D eigenvalue weighted by molar-refractivity contribution is 0.0503. The van der Waals surface area contributed by atoms with E-state index in [0.717, 1.165) is 0 Å². The number of benzene rings is 1. The fraction of sp³-hybridized carbons (Fsp3) is 0.417. The van der Waals surface area contributed by atoms with Crippen molar-refractivity contribution in [2.75, 3.05) is 13.2 Å². The van der Waals surface area contributed by atoms with Gasteiger partial charge in [0.15, 0.2) is 0 Å². The number of nitriles is 1. The Bertz CT molecular complexity index is 466. The zero-order valence-corrected chi connectivity index (χ0v) is 10.6. The van der Waals surface area contributed by atoms with Gasteiger partial charge in [0.05, 0.1) is 23.3 Å². The average molecular weight is 300 g/mol. The second-order valence-electron chi connectivity index (χ2n) is 4.15. The van der Waals surface area contributed by atoms with E-state index in [1.165, 1.54) is 18.2 Å². The smallest absolute Gasteiger partial charge is 0.137 e. The third-order valence-corrected chi connectivity index (χ3v) is 3.67. The molecule has 5 heteroatoms. The maximum atomic E-state index is 13.1. The third kappa shape index (κ3) is 2.21. The van der Waals surface area contributed by atoms with Gasteiger partial charge in [-0.2, -0.15) is 5.26 Å². The standard InChI is InChI=1S/C12H11BrFNO2/c13-9-5-8(1-2-10(9)14)11(16)12(6-15)3-4-17-7-12/h1-2,5,11,16H,3-4,7H2. The average Bonchev–Trinajstić information content (AvgIpc) is 2.81. The first-order valence-corrected chi connectivity index (χ1v) is 6.00. The molecule has 1 aliphatic heterocycles. The van der Waals surface area contributed by atoms with E-state index in [1.54, 1.807) is 0 Å². The van der Waals surface area contributed by atoms with Crippen LogP contribution in [0.5, 0.6) is 0 Å². The molecule has 0 spiro atoms. The van der Waals surface area contributed by atoms with Gasteiger partial charge in [-0.3, -0.25) is 0 Å². The first kappa shape index (κ1) is 12.5. The Morgan fingerprint density at radius 2 is 2.35 bits per heavy atom. The Hall–Kier alpha value is -0.960. The second-order valence-corrected chi connectivity index (χ2v) is 5.00. The number of halogens is 2.